The molecule has 0 radical (unpaired) electrons. The molecular weight excluding hydrogens is 465 g/mol. The van der Waals surface area contributed by atoms with Crippen molar-refractivity contribution in [2.45, 2.75) is 6.92 Å². The molecule has 0 saturated heterocycles. The van der Waals surface area contributed by atoms with Gasteiger partial charge in [0.05, 0.1) is 11.0 Å². The molecule has 0 unspecified atom stereocenters. The zero-order chi connectivity index (χ0) is 25.4. The predicted octanol–water partition coefficient (Wildman–Crippen LogP) is 6.95. The molecule has 0 aliphatic carbocycles. The third-order valence-corrected chi connectivity index (χ3v) is 6.34. The van der Waals surface area contributed by atoms with Crippen molar-refractivity contribution in [3.8, 4) is 22.3 Å². The molecule has 0 atom stereocenters. The Morgan fingerprint density at radius 3 is 2.03 bits per heavy atom. The van der Waals surface area contributed by atoms with E-state index in [0.29, 0.717) is 28.4 Å². The van der Waals surface area contributed by atoms with Crippen LogP contribution in [-0.2, 0) is 0 Å². The van der Waals surface area contributed by atoms with E-state index in [2.05, 4.69) is 25.6 Å². The molecule has 6 aromatic rings. The Morgan fingerprint density at radius 2 is 1.38 bits per heavy atom. The molecule has 180 valence electrons. The molecule has 6 nitrogen and oxygen atoms in total. The summed E-state index contributed by atoms with van der Waals surface area (Å²) in [6, 6.07) is 22.6. The largest absolute Gasteiger partial charge is 0.338 e. The number of hydrogen-bond acceptors (Lipinski definition) is 4. The second kappa shape index (κ2) is 9.28. The number of halogens is 1. The van der Waals surface area contributed by atoms with Crippen LogP contribution in [0, 0.1) is 5.82 Å². The van der Waals surface area contributed by atoms with E-state index in [0.717, 1.165) is 32.9 Å². The number of benzene rings is 3. The summed E-state index contributed by atoms with van der Waals surface area (Å²) in [5.74, 6) is -0.153. The van der Waals surface area contributed by atoms with Crippen molar-refractivity contribution in [2.75, 3.05) is 11.9 Å². The van der Waals surface area contributed by atoms with E-state index in [4.69, 9.17) is 0 Å². The Morgan fingerprint density at radius 1 is 0.757 bits per heavy atom. The first-order valence-corrected chi connectivity index (χ1v) is 12.0. The van der Waals surface area contributed by atoms with Crippen LogP contribution in [0.1, 0.15) is 6.92 Å². The van der Waals surface area contributed by atoms with Crippen molar-refractivity contribution in [2.24, 2.45) is 0 Å². The number of rotatable bonds is 4. The van der Waals surface area contributed by atoms with Crippen LogP contribution in [0.4, 0.5) is 15.0 Å². The average Bonchev–Trinajstić information content (AvgIpc) is 2.93. The Labute approximate surface area is 212 Å². The molecule has 3 aromatic heterocycles. The first-order valence-electron chi connectivity index (χ1n) is 12.0. The average molecular weight is 488 g/mol. The van der Waals surface area contributed by atoms with E-state index in [9.17, 15) is 4.79 Å². The lowest BCUT2D eigenvalue weighted by Gasteiger charge is -2.15. The fraction of sp³-hybridized carbons (Fsp3) is 0.0667. The first-order chi connectivity index (χ1) is 18.1. The number of amides is 2. The highest BCUT2D eigenvalue weighted by atomic mass is 19.1. The van der Waals surface area contributed by atoms with E-state index >= 15 is 4.39 Å². The number of pyridine rings is 3. The minimum Gasteiger partial charge on any atom is -0.338 e. The van der Waals surface area contributed by atoms with Crippen LogP contribution in [0.15, 0.2) is 91.4 Å². The highest BCUT2D eigenvalue weighted by Crippen LogP contribution is 2.38. The van der Waals surface area contributed by atoms with Crippen molar-refractivity contribution in [1.82, 2.24) is 20.3 Å². The summed E-state index contributed by atoms with van der Waals surface area (Å²) in [6.45, 7) is 2.28. The summed E-state index contributed by atoms with van der Waals surface area (Å²) in [6.07, 6.45) is 5.06. The molecule has 7 heteroatoms. The number of carbonyl (C=O) groups excluding carboxylic acids is 1. The summed E-state index contributed by atoms with van der Waals surface area (Å²) in [4.78, 5) is 25.6. The Kier molecular flexibility index (Phi) is 5.65. The Bertz CT molecular complexity index is 1820. The molecule has 0 aliphatic rings. The molecule has 3 aromatic carbocycles. The van der Waals surface area contributed by atoms with Gasteiger partial charge in [-0.1, -0.05) is 36.4 Å². The van der Waals surface area contributed by atoms with Crippen LogP contribution in [-0.4, -0.2) is 27.5 Å². The van der Waals surface area contributed by atoms with Crippen molar-refractivity contribution < 1.29 is 9.18 Å². The van der Waals surface area contributed by atoms with Crippen molar-refractivity contribution in [3.05, 3.63) is 97.2 Å². The number of fused-ring (bicyclic) bond motifs is 3. The van der Waals surface area contributed by atoms with Crippen molar-refractivity contribution in [3.63, 3.8) is 0 Å². The molecule has 3 heterocycles. The highest BCUT2D eigenvalue weighted by Gasteiger charge is 2.18. The van der Waals surface area contributed by atoms with E-state index in [1.807, 2.05) is 73.7 Å². The molecule has 2 amide bonds. The van der Waals surface area contributed by atoms with Crippen molar-refractivity contribution >= 4 is 44.4 Å². The lowest BCUT2D eigenvalue weighted by molar-refractivity contribution is 0.252. The number of aromatic nitrogens is 3. The van der Waals surface area contributed by atoms with Crippen LogP contribution in [0.3, 0.4) is 0 Å². The normalized spacial score (nSPS) is 11.2. The molecule has 0 bridgehead atoms. The smallest absolute Gasteiger partial charge is 0.320 e. The van der Waals surface area contributed by atoms with Gasteiger partial charge in [0.25, 0.3) is 0 Å². The van der Waals surface area contributed by atoms with E-state index < -0.39 is 11.8 Å². The quantitative estimate of drug-likeness (QED) is 0.282. The maximum atomic E-state index is 16.2. The summed E-state index contributed by atoms with van der Waals surface area (Å²) < 4.78 is 16.2. The fourth-order valence-electron chi connectivity index (χ4n) is 4.56. The van der Waals surface area contributed by atoms with Gasteiger partial charge in [-0.3, -0.25) is 15.3 Å². The van der Waals surface area contributed by atoms with Crippen LogP contribution in [0.2, 0.25) is 0 Å². The predicted molar refractivity (Wildman–Crippen MR) is 146 cm³/mol. The van der Waals surface area contributed by atoms with Gasteiger partial charge in [-0.2, -0.15) is 0 Å². The molecule has 0 fully saturated rings. The number of para-hydroxylation sites is 2. The van der Waals surface area contributed by atoms with Crippen LogP contribution in [0.25, 0.3) is 54.8 Å². The third-order valence-electron chi connectivity index (χ3n) is 6.34. The van der Waals surface area contributed by atoms with Gasteiger partial charge in [0.15, 0.2) is 0 Å². The summed E-state index contributed by atoms with van der Waals surface area (Å²) in [7, 11) is 0. The van der Waals surface area contributed by atoms with Crippen LogP contribution < -0.4 is 10.6 Å². The van der Waals surface area contributed by atoms with Gasteiger partial charge in [0.1, 0.15) is 11.6 Å². The summed E-state index contributed by atoms with van der Waals surface area (Å²) in [5.41, 5.74) is 4.40. The topological polar surface area (TPSA) is 79.8 Å². The maximum absolute atomic E-state index is 16.2. The van der Waals surface area contributed by atoms with E-state index in [-0.39, 0.29) is 5.82 Å². The molecule has 0 saturated carbocycles. The van der Waals surface area contributed by atoms with Crippen LogP contribution in [0.5, 0.6) is 0 Å². The molecule has 37 heavy (non-hydrogen) atoms. The Balaban J connectivity index is 1.59. The number of urea groups is 1. The molecule has 6 rings (SSSR count). The zero-order valence-electron chi connectivity index (χ0n) is 20.0. The van der Waals surface area contributed by atoms with Gasteiger partial charge < -0.3 is 5.32 Å². The van der Waals surface area contributed by atoms with Gasteiger partial charge in [0.2, 0.25) is 0 Å². The first kappa shape index (κ1) is 22.5. The van der Waals surface area contributed by atoms with E-state index in [1.165, 1.54) is 0 Å². The zero-order valence-corrected chi connectivity index (χ0v) is 20.0. The van der Waals surface area contributed by atoms with Crippen molar-refractivity contribution in [1.29, 1.82) is 0 Å². The summed E-state index contributed by atoms with van der Waals surface area (Å²) in [5, 5.41) is 8.20. The lowest BCUT2D eigenvalue weighted by atomic mass is 9.93. The van der Waals surface area contributed by atoms with Gasteiger partial charge >= 0.3 is 6.03 Å². The third kappa shape index (κ3) is 4.21. The summed E-state index contributed by atoms with van der Waals surface area (Å²) >= 11 is 0. The number of anilines is 1. The van der Waals surface area contributed by atoms with Gasteiger partial charge in [-0.25, -0.2) is 14.2 Å². The fourth-order valence-corrected chi connectivity index (χ4v) is 4.56. The molecular formula is C30H22FN5O. The number of nitrogens with zero attached hydrogens (tertiary/aromatic N) is 3. The van der Waals surface area contributed by atoms with E-state index in [1.54, 1.807) is 24.7 Å². The minimum absolute atomic E-state index is 0.258. The van der Waals surface area contributed by atoms with Gasteiger partial charge in [-0.05, 0) is 48.9 Å². The van der Waals surface area contributed by atoms with Gasteiger partial charge in [-0.15, -0.1) is 0 Å². The monoisotopic (exact) mass is 487 g/mol. The second-order valence-corrected chi connectivity index (χ2v) is 8.72. The SMILES string of the molecule is CCNC(=O)Nc1cc2c(F)c(-c3cnc4ccccc4c3)cc(-c3cnc4ccccc4c3)c2cn1. The Hall–Kier alpha value is -4.91. The molecule has 0 spiro atoms. The maximum Gasteiger partial charge on any atom is 0.320 e. The standard InChI is InChI=1S/C30H22FN5O/c1-2-32-30(37)36-28-14-24-25(17-35-28)22(20-11-18-7-3-5-9-26(18)33-15-20)13-23(29(24)31)21-12-19-8-4-6-10-27(19)34-16-21/h3-17H,2H2,1H3,(H2,32,35,36,37). The number of nitrogens with one attached hydrogen (secondary N) is 2. The number of carbonyl (C=O) groups is 1. The van der Waals surface area contributed by atoms with Gasteiger partial charge in [0, 0.05) is 63.4 Å². The molecule has 0 aliphatic heterocycles. The lowest BCUT2D eigenvalue weighted by Crippen LogP contribution is -2.28. The second-order valence-electron chi connectivity index (χ2n) is 8.72. The minimum atomic E-state index is -0.411. The van der Waals surface area contributed by atoms with Crippen LogP contribution >= 0.6 is 0 Å². The highest BCUT2D eigenvalue weighted by molar-refractivity contribution is 6.03. The number of hydrogen-bond donors (Lipinski definition) is 2. The molecule has 2 N–H and O–H groups in total.